The van der Waals surface area contributed by atoms with Crippen molar-refractivity contribution in [3.63, 3.8) is 0 Å². The Morgan fingerprint density at radius 3 is 2.76 bits per heavy atom. The smallest absolute Gasteiger partial charge is 0.239 e. The van der Waals surface area contributed by atoms with E-state index in [-0.39, 0.29) is 12.1 Å². The van der Waals surface area contributed by atoms with Crippen LogP contribution in [-0.4, -0.2) is 36.0 Å². The molecule has 2 heterocycles. The van der Waals surface area contributed by atoms with Crippen LogP contribution in [0.2, 0.25) is 0 Å². The van der Waals surface area contributed by atoms with Crippen LogP contribution in [-0.2, 0) is 4.74 Å². The predicted octanol–water partition coefficient (Wildman–Crippen LogP) is 2.00. The van der Waals surface area contributed by atoms with Gasteiger partial charge in [-0.1, -0.05) is 18.2 Å². The minimum Gasteiger partial charge on any atom is -0.377 e. The molecule has 21 heavy (non-hydrogen) atoms. The van der Waals surface area contributed by atoms with E-state index >= 15 is 0 Å². The van der Waals surface area contributed by atoms with Crippen molar-refractivity contribution in [1.29, 1.82) is 0 Å². The number of ether oxygens (including phenoxy) is 1. The zero-order valence-corrected chi connectivity index (χ0v) is 12.7. The summed E-state index contributed by atoms with van der Waals surface area (Å²) in [4.78, 5) is 6.47. The Balaban J connectivity index is 2.08. The Hall–Kier alpha value is -2.08. The lowest BCUT2D eigenvalue weighted by Crippen LogP contribution is -2.26. The fraction of sp³-hybridized carbons (Fsp3) is 0.467. The largest absolute Gasteiger partial charge is 0.377 e. The van der Waals surface area contributed by atoms with Gasteiger partial charge in [-0.15, -0.1) is 5.10 Å². The third-order valence-corrected chi connectivity index (χ3v) is 4.02. The lowest BCUT2D eigenvalue weighted by Gasteiger charge is -2.30. The molecule has 0 saturated carbocycles. The summed E-state index contributed by atoms with van der Waals surface area (Å²) in [6, 6.07) is 8.53. The van der Waals surface area contributed by atoms with E-state index in [0.29, 0.717) is 5.95 Å². The van der Waals surface area contributed by atoms with Crippen LogP contribution in [0, 0.1) is 0 Å². The van der Waals surface area contributed by atoms with Gasteiger partial charge in [0.2, 0.25) is 5.95 Å². The molecule has 1 aromatic carbocycles. The minimum atomic E-state index is -0.0300. The summed E-state index contributed by atoms with van der Waals surface area (Å²) >= 11 is 0. The average Bonchev–Trinajstić information content (AvgIpc) is 2.87. The van der Waals surface area contributed by atoms with Gasteiger partial charge in [0.05, 0.1) is 6.04 Å². The molecule has 0 spiro atoms. The zero-order chi connectivity index (χ0) is 15.0. The topological polar surface area (TPSA) is 69.2 Å². The molecule has 6 nitrogen and oxygen atoms in total. The first-order chi connectivity index (χ1) is 10.1. The van der Waals surface area contributed by atoms with Gasteiger partial charge in [-0.25, -0.2) is 4.68 Å². The van der Waals surface area contributed by atoms with Crippen molar-refractivity contribution in [1.82, 2.24) is 14.8 Å². The van der Waals surface area contributed by atoms with E-state index in [1.807, 2.05) is 4.68 Å². The highest BCUT2D eigenvalue weighted by Crippen LogP contribution is 2.39. The molecule has 0 bridgehead atoms. The standard InChI is InChI=1S/C15H21N5O/c1-19(2)11-7-5-4-6-10(11)12-8-9-13(21-3)14-17-15(16)18-20(12)14/h4-7,12-13H,8-9H2,1-3H3,(H2,16,18). The molecule has 2 unspecified atom stereocenters. The SMILES string of the molecule is COC1CCC(c2ccccc2N(C)C)n2nc(N)nc21. The zero-order valence-electron chi connectivity index (χ0n) is 12.7. The molecule has 0 fully saturated rings. The van der Waals surface area contributed by atoms with Gasteiger partial charge >= 0.3 is 0 Å². The van der Waals surface area contributed by atoms with E-state index in [0.717, 1.165) is 18.7 Å². The number of methoxy groups -OCH3 is 1. The van der Waals surface area contributed by atoms with Crippen LogP contribution in [0.5, 0.6) is 0 Å². The molecule has 1 aliphatic heterocycles. The number of hydrogen-bond acceptors (Lipinski definition) is 5. The second kappa shape index (κ2) is 5.37. The van der Waals surface area contributed by atoms with Crippen LogP contribution in [0.3, 0.4) is 0 Å². The lowest BCUT2D eigenvalue weighted by atomic mass is 9.95. The third-order valence-electron chi connectivity index (χ3n) is 4.02. The van der Waals surface area contributed by atoms with Gasteiger partial charge in [0.1, 0.15) is 6.10 Å². The number of benzene rings is 1. The van der Waals surface area contributed by atoms with Crippen molar-refractivity contribution in [2.75, 3.05) is 31.8 Å². The highest BCUT2D eigenvalue weighted by atomic mass is 16.5. The summed E-state index contributed by atoms with van der Waals surface area (Å²) in [5, 5.41) is 4.39. The summed E-state index contributed by atoms with van der Waals surface area (Å²) in [5.41, 5.74) is 8.24. The maximum absolute atomic E-state index is 5.80. The Kier molecular flexibility index (Phi) is 3.55. The van der Waals surface area contributed by atoms with Crippen molar-refractivity contribution < 1.29 is 4.74 Å². The van der Waals surface area contributed by atoms with Crippen molar-refractivity contribution in [2.24, 2.45) is 0 Å². The first-order valence-electron chi connectivity index (χ1n) is 7.12. The van der Waals surface area contributed by atoms with Gasteiger partial charge < -0.3 is 15.4 Å². The number of fused-ring (bicyclic) bond motifs is 1. The maximum atomic E-state index is 5.80. The summed E-state index contributed by atoms with van der Waals surface area (Å²) in [6.07, 6.45) is 1.85. The summed E-state index contributed by atoms with van der Waals surface area (Å²) in [7, 11) is 5.81. The molecular weight excluding hydrogens is 266 g/mol. The van der Waals surface area contributed by atoms with Gasteiger partial charge in [-0.3, -0.25) is 0 Å². The Morgan fingerprint density at radius 2 is 2.05 bits per heavy atom. The van der Waals surface area contributed by atoms with Crippen molar-refractivity contribution in [3.05, 3.63) is 35.7 Å². The van der Waals surface area contributed by atoms with Gasteiger partial charge in [-0.05, 0) is 18.9 Å². The molecular formula is C15H21N5O. The van der Waals surface area contributed by atoms with E-state index in [9.17, 15) is 0 Å². The average molecular weight is 287 g/mol. The number of anilines is 2. The third kappa shape index (κ3) is 2.35. The summed E-state index contributed by atoms with van der Waals surface area (Å²) in [6.45, 7) is 0. The van der Waals surface area contributed by atoms with E-state index < -0.39 is 0 Å². The normalized spacial score (nSPS) is 21.1. The second-order valence-electron chi connectivity index (χ2n) is 5.54. The Bertz CT molecular complexity index is 637. The Morgan fingerprint density at radius 1 is 1.29 bits per heavy atom. The van der Waals surface area contributed by atoms with Crippen LogP contribution in [0.4, 0.5) is 11.6 Å². The molecule has 112 valence electrons. The first kappa shape index (κ1) is 13.9. The number of rotatable bonds is 3. The number of aromatic nitrogens is 3. The number of para-hydroxylation sites is 1. The molecule has 2 N–H and O–H groups in total. The van der Waals surface area contributed by atoms with Crippen LogP contribution in [0.25, 0.3) is 0 Å². The van der Waals surface area contributed by atoms with Crippen molar-refractivity contribution in [3.8, 4) is 0 Å². The molecule has 0 saturated heterocycles. The molecule has 3 rings (SSSR count). The number of nitrogens with zero attached hydrogens (tertiary/aromatic N) is 4. The monoisotopic (exact) mass is 287 g/mol. The summed E-state index contributed by atoms with van der Waals surface area (Å²) in [5.74, 6) is 1.13. The van der Waals surface area contributed by atoms with Gasteiger partial charge in [0, 0.05) is 32.5 Å². The quantitative estimate of drug-likeness (QED) is 0.935. The van der Waals surface area contributed by atoms with E-state index in [1.54, 1.807) is 7.11 Å². The van der Waals surface area contributed by atoms with Gasteiger partial charge in [-0.2, -0.15) is 4.98 Å². The molecule has 0 aliphatic carbocycles. The maximum Gasteiger partial charge on any atom is 0.239 e. The van der Waals surface area contributed by atoms with Crippen molar-refractivity contribution >= 4 is 11.6 Å². The fourth-order valence-corrected chi connectivity index (χ4v) is 3.05. The predicted molar refractivity (Wildman–Crippen MR) is 82.3 cm³/mol. The lowest BCUT2D eigenvalue weighted by molar-refractivity contribution is 0.0649. The van der Waals surface area contributed by atoms with Crippen LogP contribution in [0.15, 0.2) is 24.3 Å². The molecule has 1 aromatic heterocycles. The van der Waals surface area contributed by atoms with E-state index in [2.05, 4.69) is 53.3 Å². The van der Waals surface area contributed by atoms with E-state index in [4.69, 9.17) is 10.5 Å². The minimum absolute atomic E-state index is 0.0300. The van der Waals surface area contributed by atoms with E-state index in [1.165, 1.54) is 11.3 Å². The van der Waals surface area contributed by atoms with Gasteiger partial charge in [0.25, 0.3) is 0 Å². The highest BCUT2D eigenvalue weighted by molar-refractivity contribution is 5.54. The fourth-order valence-electron chi connectivity index (χ4n) is 3.05. The molecule has 0 radical (unpaired) electrons. The number of hydrogen-bond donors (Lipinski definition) is 1. The van der Waals surface area contributed by atoms with Crippen LogP contribution in [0.1, 0.15) is 36.4 Å². The summed E-state index contributed by atoms with van der Waals surface area (Å²) < 4.78 is 7.43. The molecule has 2 atom stereocenters. The first-order valence-corrected chi connectivity index (χ1v) is 7.12. The van der Waals surface area contributed by atoms with Gasteiger partial charge in [0.15, 0.2) is 5.82 Å². The Labute approximate surface area is 124 Å². The highest BCUT2D eigenvalue weighted by Gasteiger charge is 2.32. The molecule has 2 aromatic rings. The second-order valence-corrected chi connectivity index (χ2v) is 5.54. The number of nitrogen functional groups attached to an aromatic ring is 1. The van der Waals surface area contributed by atoms with Crippen LogP contribution < -0.4 is 10.6 Å². The molecule has 1 aliphatic rings. The molecule has 0 amide bonds. The van der Waals surface area contributed by atoms with Crippen molar-refractivity contribution in [2.45, 2.75) is 25.0 Å². The number of nitrogens with two attached hydrogens (primary N) is 1. The van der Waals surface area contributed by atoms with Crippen LogP contribution >= 0.6 is 0 Å². The molecule has 6 heteroatoms.